The van der Waals surface area contributed by atoms with Crippen LogP contribution in [0.4, 0.5) is 17.1 Å². The molecule has 0 fully saturated rings. The van der Waals surface area contributed by atoms with Crippen molar-refractivity contribution in [1.29, 1.82) is 0 Å². The minimum Gasteiger partial charge on any atom is -0.398 e. The molecule has 0 unspecified atom stereocenters. The normalized spacial score (nSPS) is 8.84. The summed E-state index contributed by atoms with van der Waals surface area (Å²) in [7, 11) is 0. The van der Waals surface area contributed by atoms with Gasteiger partial charge in [-0.05, 0) is 24.3 Å². The molecule has 0 saturated heterocycles. The summed E-state index contributed by atoms with van der Waals surface area (Å²) in [6.07, 6.45) is 0. The van der Waals surface area contributed by atoms with E-state index in [9.17, 15) is 4.79 Å². The highest BCUT2D eigenvalue weighted by Gasteiger charge is 2.09. The third-order valence-corrected chi connectivity index (χ3v) is 2.41. The van der Waals surface area contributed by atoms with Crippen LogP contribution in [0.2, 0.25) is 0 Å². The third-order valence-electron chi connectivity index (χ3n) is 2.41. The lowest BCUT2D eigenvalue weighted by Crippen LogP contribution is -2.14. The fourth-order valence-electron chi connectivity index (χ4n) is 1.50. The van der Waals surface area contributed by atoms with E-state index in [0.29, 0.717) is 22.6 Å². The predicted octanol–water partition coefficient (Wildman–Crippen LogP) is 2.95. The number of anilines is 3. The summed E-state index contributed by atoms with van der Waals surface area (Å²) in [6.45, 7) is 0. The van der Waals surface area contributed by atoms with Gasteiger partial charge in [-0.25, -0.2) is 0 Å². The second kappa shape index (κ2) is 7.51. The quantitative estimate of drug-likeness (QED) is 0.746. The lowest BCUT2D eigenvalue weighted by Gasteiger charge is -2.09. The number of carbonyl (C=O) groups is 1. The summed E-state index contributed by atoms with van der Waals surface area (Å²) in [6, 6.07) is 14.0. The Balaban J connectivity index is 0.00000162. The number of nitrogens with two attached hydrogens (primary N) is 2. The van der Waals surface area contributed by atoms with Crippen LogP contribution in [0.15, 0.2) is 48.5 Å². The number of nitrogens with one attached hydrogen (secondary N) is 1. The average Bonchev–Trinajstić information content (AvgIpc) is 2.32. The first kappa shape index (κ1) is 17.1. The molecule has 2 aromatic carbocycles. The standard InChI is InChI=1S/C13H13N3O.2ClH/c14-10-6-2-1-5-9(10)13(17)16-12-8-4-3-7-11(12)15;;/h1-8H,14-15H2,(H,16,17);2*1H. The molecule has 4 nitrogen and oxygen atoms in total. The summed E-state index contributed by atoms with van der Waals surface area (Å²) in [4.78, 5) is 11.9. The molecule has 0 saturated carbocycles. The largest absolute Gasteiger partial charge is 0.398 e. The van der Waals surface area contributed by atoms with Gasteiger partial charge in [-0.15, -0.1) is 24.8 Å². The maximum atomic E-state index is 11.9. The first-order chi connectivity index (χ1) is 8.18. The average molecular weight is 300 g/mol. The van der Waals surface area contributed by atoms with Crippen LogP contribution in [0, 0.1) is 0 Å². The molecule has 0 aliphatic carbocycles. The molecule has 6 heteroatoms. The Hall–Kier alpha value is -1.91. The Morgan fingerprint density at radius 3 is 1.95 bits per heavy atom. The summed E-state index contributed by atoms with van der Waals surface area (Å²) in [5.74, 6) is -0.263. The first-order valence-electron chi connectivity index (χ1n) is 5.19. The third kappa shape index (κ3) is 4.05. The lowest BCUT2D eigenvalue weighted by molar-refractivity contribution is 0.102. The van der Waals surface area contributed by atoms with E-state index in [1.165, 1.54) is 0 Å². The second-order valence-electron chi connectivity index (χ2n) is 3.63. The summed E-state index contributed by atoms with van der Waals surface area (Å²) in [5, 5.41) is 2.72. The number of benzene rings is 2. The highest BCUT2D eigenvalue weighted by Crippen LogP contribution is 2.19. The minimum atomic E-state index is -0.263. The molecule has 0 aromatic heterocycles. The van der Waals surface area contributed by atoms with Crippen molar-refractivity contribution in [3.63, 3.8) is 0 Å². The van der Waals surface area contributed by atoms with E-state index in [1.807, 2.05) is 6.07 Å². The number of carbonyl (C=O) groups excluding carboxylic acids is 1. The van der Waals surface area contributed by atoms with Crippen molar-refractivity contribution in [3.05, 3.63) is 54.1 Å². The van der Waals surface area contributed by atoms with Crippen LogP contribution < -0.4 is 16.8 Å². The van der Waals surface area contributed by atoms with Crippen LogP contribution in [0.5, 0.6) is 0 Å². The fourth-order valence-corrected chi connectivity index (χ4v) is 1.50. The van der Waals surface area contributed by atoms with Crippen molar-refractivity contribution >= 4 is 47.8 Å². The van der Waals surface area contributed by atoms with Gasteiger partial charge in [0.05, 0.1) is 16.9 Å². The van der Waals surface area contributed by atoms with Crippen LogP contribution in [0.25, 0.3) is 0 Å². The molecule has 0 aliphatic rings. The minimum absolute atomic E-state index is 0. The predicted molar refractivity (Wildman–Crippen MR) is 84.2 cm³/mol. The van der Waals surface area contributed by atoms with Crippen LogP contribution in [0.1, 0.15) is 10.4 Å². The highest BCUT2D eigenvalue weighted by atomic mass is 35.5. The Bertz CT molecular complexity index is 561. The fraction of sp³-hybridized carbons (Fsp3) is 0. The number of halogens is 2. The van der Waals surface area contributed by atoms with Gasteiger partial charge in [-0.1, -0.05) is 24.3 Å². The van der Waals surface area contributed by atoms with Crippen LogP contribution in [-0.4, -0.2) is 5.91 Å². The number of para-hydroxylation sites is 3. The molecule has 19 heavy (non-hydrogen) atoms. The zero-order valence-corrected chi connectivity index (χ0v) is 11.6. The number of rotatable bonds is 2. The van der Waals surface area contributed by atoms with Crippen molar-refractivity contribution in [2.24, 2.45) is 0 Å². The zero-order chi connectivity index (χ0) is 12.3. The molecular formula is C13H15Cl2N3O. The summed E-state index contributed by atoms with van der Waals surface area (Å²) >= 11 is 0. The Morgan fingerprint density at radius 1 is 0.842 bits per heavy atom. The second-order valence-corrected chi connectivity index (χ2v) is 3.63. The summed E-state index contributed by atoms with van der Waals surface area (Å²) < 4.78 is 0. The molecule has 2 aromatic rings. The van der Waals surface area contributed by atoms with Gasteiger partial charge >= 0.3 is 0 Å². The first-order valence-corrected chi connectivity index (χ1v) is 5.19. The highest BCUT2D eigenvalue weighted by molar-refractivity contribution is 6.08. The Morgan fingerprint density at radius 2 is 1.37 bits per heavy atom. The van der Waals surface area contributed by atoms with Crippen molar-refractivity contribution in [3.8, 4) is 0 Å². The molecule has 0 aliphatic heterocycles. The molecule has 0 bridgehead atoms. The number of nitrogen functional groups attached to an aromatic ring is 2. The monoisotopic (exact) mass is 299 g/mol. The van der Waals surface area contributed by atoms with E-state index in [-0.39, 0.29) is 30.7 Å². The van der Waals surface area contributed by atoms with Crippen LogP contribution >= 0.6 is 24.8 Å². The molecule has 2 rings (SSSR count). The van der Waals surface area contributed by atoms with Crippen molar-refractivity contribution in [1.82, 2.24) is 0 Å². The molecule has 1 amide bonds. The van der Waals surface area contributed by atoms with E-state index < -0.39 is 0 Å². The van der Waals surface area contributed by atoms with Gasteiger partial charge in [0, 0.05) is 5.69 Å². The number of hydrogen-bond donors (Lipinski definition) is 3. The van der Waals surface area contributed by atoms with Crippen molar-refractivity contribution < 1.29 is 4.79 Å². The molecule has 0 spiro atoms. The van der Waals surface area contributed by atoms with Crippen LogP contribution in [0.3, 0.4) is 0 Å². The Kier molecular flexibility index (Phi) is 6.75. The van der Waals surface area contributed by atoms with Crippen LogP contribution in [-0.2, 0) is 0 Å². The number of hydrogen-bond acceptors (Lipinski definition) is 3. The van der Waals surface area contributed by atoms with Gasteiger partial charge in [0.2, 0.25) is 0 Å². The van der Waals surface area contributed by atoms with Gasteiger partial charge < -0.3 is 16.8 Å². The molecular weight excluding hydrogens is 285 g/mol. The maximum Gasteiger partial charge on any atom is 0.257 e. The Labute approximate surface area is 124 Å². The molecule has 0 atom stereocenters. The van der Waals surface area contributed by atoms with Gasteiger partial charge in [-0.2, -0.15) is 0 Å². The summed E-state index contributed by atoms with van der Waals surface area (Å²) in [5.41, 5.74) is 13.5. The van der Waals surface area contributed by atoms with E-state index in [2.05, 4.69) is 5.32 Å². The van der Waals surface area contributed by atoms with E-state index in [4.69, 9.17) is 11.5 Å². The van der Waals surface area contributed by atoms with Crippen molar-refractivity contribution in [2.45, 2.75) is 0 Å². The smallest absolute Gasteiger partial charge is 0.257 e. The van der Waals surface area contributed by atoms with Gasteiger partial charge in [-0.3, -0.25) is 4.79 Å². The topological polar surface area (TPSA) is 81.1 Å². The van der Waals surface area contributed by atoms with Gasteiger partial charge in [0.25, 0.3) is 5.91 Å². The lowest BCUT2D eigenvalue weighted by atomic mass is 10.1. The van der Waals surface area contributed by atoms with E-state index in [0.717, 1.165) is 0 Å². The molecule has 102 valence electrons. The van der Waals surface area contributed by atoms with Crippen molar-refractivity contribution in [2.75, 3.05) is 16.8 Å². The van der Waals surface area contributed by atoms with E-state index in [1.54, 1.807) is 42.5 Å². The van der Waals surface area contributed by atoms with Gasteiger partial charge in [0.15, 0.2) is 0 Å². The van der Waals surface area contributed by atoms with Gasteiger partial charge in [0.1, 0.15) is 0 Å². The zero-order valence-electron chi connectivity index (χ0n) is 10.00. The SMILES string of the molecule is Cl.Cl.Nc1ccccc1NC(=O)c1ccccc1N. The molecule has 0 heterocycles. The maximum absolute atomic E-state index is 11.9. The van der Waals surface area contributed by atoms with E-state index >= 15 is 0 Å². The number of amides is 1. The molecule has 5 N–H and O–H groups in total. The molecule has 0 radical (unpaired) electrons.